The van der Waals surface area contributed by atoms with Crippen LogP contribution in [0.3, 0.4) is 0 Å². The highest BCUT2D eigenvalue weighted by Crippen LogP contribution is 2.14. The van der Waals surface area contributed by atoms with Gasteiger partial charge >= 0.3 is 0 Å². The molecule has 0 bridgehead atoms. The Balaban J connectivity index is 3.99. The summed E-state index contributed by atoms with van der Waals surface area (Å²) in [5, 5.41) is 8.49. The second kappa shape index (κ2) is 44.4. The van der Waals surface area contributed by atoms with Gasteiger partial charge in [0.05, 0.1) is 0 Å². The van der Waals surface area contributed by atoms with Crippen LogP contribution in [0.25, 0.3) is 0 Å². The zero-order valence-corrected chi connectivity index (χ0v) is 34.2. The maximum atomic E-state index is 12.7. The van der Waals surface area contributed by atoms with Crippen LogP contribution < -0.4 is 27.2 Å². The molecule has 0 fully saturated rings. The Kier molecular flexibility index (Phi) is 43.8. The van der Waals surface area contributed by atoms with Gasteiger partial charge in [0, 0.05) is 19.6 Å². The summed E-state index contributed by atoms with van der Waals surface area (Å²) in [7, 11) is 0. The van der Waals surface area contributed by atoms with Crippen molar-refractivity contribution in [2.75, 3.05) is 45.8 Å². The van der Waals surface area contributed by atoms with Crippen LogP contribution in [-0.2, 0) is 4.79 Å². The van der Waals surface area contributed by atoms with Gasteiger partial charge < -0.3 is 16.4 Å². The third-order valence-corrected chi connectivity index (χ3v) is 10.1. The summed E-state index contributed by atoms with van der Waals surface area (Å²) >= 11 is 0. The number of hydrogen-bond donors (Lipinski definition) is 5. The maximum Gasteiger partial charge on any atom is 0.237 e. The van der Waals surface area contributed by atoms with Crippen molar-refractivity contribution in [1.82, 2.24) is 26.6 Å². The maximum absolute atomic E-state index is 12.7. The molecule has 300 valence electrons. The number of carbonyl (C=O) groups excluding carboxylic acids is 1. The fourth-order valence-electron chi connectivity index (χ4n) is 6.74. The number of rotatable bonds is 44. The second-order valence-corrected chi connectivity index (χ2v) is 15.3. The minimum absolute atomic E-state index is 0.0917. The van der Waals surface area contributed by atoms with Crippen molar-refractivity contribution in [1.29, 1.82) is 0 Å². The zero-order valence-electron chi connectivity index (χ0n) is 34.2. The molecule has 50 heavy (non-hydrogen) atoms. The molecule has 0 aromatic carbocycles. The lowest BCUT2D eigenvalue weighted by Crippen LogP contribution is -2.53. The number of unbranched alkanes of at least 4 members (excludes halogenated alkanes) is 29. The van der Waals surface area contributed by atoms with Crippen LogP contribution in [0, 0.1) is 0 Å². The summed E-state index contributed by atoms with van der Waals surface area (Å²) in [6.07, 6.45) is 44.6. The van der Waals surface area contributed by atoms with Crippen LogP contribution >= 0.6 is 0 Å². The molecular weight excluding hydrogens is 617 g/mol. The lowest BCUT2D eigenvalue weighted by molar-refractivity contribution is -0.124. The van der Waals surface area contributed by atoms with Gasteiger partial charge in [0.25, 0.3) is 0 Å². The minimum Gasteiger partial charge on any atom is -0.355 e. The van der Waals surface area contributed by atoms with Gasteiger partial charge in [-0.25, -0.2) is 10.9 Å². The smallest absolute Gasteiger partial charge is 0.237 e. The molecule has 0 aromatic rings. The monoisotopic (exact) mass is 709 g/mol. The van der Waals surface area contributed by atoms with E-state index >= 15 is 0 Å². The first-order valence-electron chi connectivity index (χ1n) is 22.7. The fourth-order valence-corrected chi connectivity index (χ4v) is 6.74. The Morgan fingerprint density at radius 2 is 0.700 bits per heavy atom. The summed E-state index contributed by atoms with van der Waals surface area (Å²) in [6.45, 7) is 10.2. The third-order valence-electron chi connectivity index (χ3n) is 10.1. The van der Waals surface area contributed by atoms with Crippen molar-refractivity contribution < 1.29 is 4.79 Å². The molecular formula is C43H92N6O. The first-order chi connectivity index (χ1) is 24.7. The van der Waals surface area contributed by atoms with Gasteiger partial charge in [-0.15, -0.1) is 0 Å². The summed E-state index contributed by atoms with van der Waals surface area (Å²) in [5.74, 6) is 0.0917. The molecule has 0 radical (unpaired) electrons. The molecule has 0 saturated carbocycles. The SMILES string of the molecule is CCCCCCCCCCCCCCCCCNN(CC(=O)NCCCCNCCCN)NCCCCCCCCCCCCCCCCC. The Morgan fingerprint density at radius 1 is 0.400 bits per heavy atom. The van der Waals surface area contributed by atoms with Crippen LogP contribution in [0.5, 0.6) is 0 Å². The van der Waals surface area contributed by atoms with Gasteiger partial charge in [0.15, 0.2) is 0 Å². The molecule has 0 aliphatic carbocycles. The topological polar surface area (TPSA) is 94.5 Å². The molecule has 0 aromatic heterocycles. The van der Waals surface area contributed by atoms with Gasteiger partial charge in [0.1, 0.15) is 6.54 Å². The van der Waals surface area contributed by atoms with E-state index in [4.69, 9.17) is 5.73 Å². The molecule has 6 N–H and O–H groups in total. The van der Waals surface area contributed by atoms with Crippen molar-refractivity contribution in [2.45, 2.75) is 226 Å². The van der Waals surface area contributed by atoms with Crippen LogP contribution in [0.15, 0.2) is 0 Å². The van der Waals surface area contributed by atoms with E-state index in [0.717, 1.165) is 71.4 Å². The lowest BCUT2D eigenvalue weighted by atomic mass is 10.0. The number of hydrogen-bond acceptors (Lipinski definition) is 6. The zero-order chi connectivity index (χ0) is 36.3. The number of hydrazine groups is 2. The number of nitrogens with two attached hydrogens (primary N) is 1. The highest BCUT2D eigenvalue weighted by molar-refractivity contribution is 5.77. The summed E-state index contributed by atoms with van der Waals surface area (Å²) < 4.78 is 0. The van der Waals surface area contributed by atoms with E-state index in [1.807, 2.05) is 5.12 Å². The quantitative estimate of drug-likeness (QED) is 0.0319. The normalized spacial score (nSPS) is 11.6. The predicted molar refractivity (Wildman–Crippen MR) is 221 cm³/mol. The van der Waals surface area contributed by atoms with Crippen molar-refractivity contribution in [3.63, 3.8) is 0 Å². The number of carbonyl (C=O) groups is 1. The van der Waals surface area contributed by atoms with Gasteiger partial charge in [-0.2, -0.15) is 5.12 Å². The highest BCUT2D eigenvalue weighted by atomic mass is 16.2. The van der Waals surface area contributed by atoms with Crippen LogP contribution in [0.4, 0.5) is 0 Å². The van der Waals surface area contributed by atoms with Gasteiger partial charge in [-0.3, -0.25) is 4.79 Å². The molecule has 7 nitrogen and oxygen atoms in total. The molecule has 7 heteroatoms. The predicted octanol–water partition coefficient (Wildman–Crippen LogP) is 10.9. The Morgan fingerprint density at radius 3 is 1.06 bits per heavy atom. The van der Waals surface area contributed by atoms with Crippen LogP contribution in [-0.4, -0.2) is 56.8 Å². The van der Waals surface area contributed by atoms with E-state index < -0.39 is 0 Å². The van der Waals surface area contributed by atoms with E-state index in [9.17, 15) is 4.79 Å². The summed E-state index contributed by atoms with van der Waals surface area (Å²) in [5.41, 5.74) is 12.6. The number of amides is 1. The number of nitrogens with one attached hydrogen (secondary N) is 4. The van der Waals surface area contributed by atoms with Crippen molar-refractivity contribution >= 4 is 5.91 Å². The Hall–Kier alpha value is -0.730. The van der Waals surface area contributed by atoms with Crippen molar-refractivity contribution in [2.24, 2.45) is 5.73 Å². The molecule has 0 aliphatic heterocycles. The molecule has 0 unspecified atom stereocenters. The second-order valence-electron chi connectivity index (χ2n) is 15.3. The number of nitrogens with zero attached hydrogens (tertiary/aromatic N) is 1. The average Bonchev–Trinajstić information content (AvgIpc) is 3.12. The summed E-state index contributed by atoms with van der Waals surface area (Å²) in [4.78, 5) is 12.7. The highest BCUT2D eigenvalue weighted by Gasteiger charge is 2.10. The standard InChI is InChI=1S/C43H92N6O/c1-3-5-7-9-11-13-15-17-19-21-23-25-27-29-31-40-47-49(42-43(50)46-39-34-33-37-45-38-35-36-44)48-41-32-30-28-26-24-22-20-18-16-14-12-10-8-6-4-2/h45,47-48H,3-42,44H2,1-2H3,(H,46,50). The molecule has 0 saturated heterocycles. The molecule has 0 spiro atoms. The largest absolute Gasteiger partial charge is 0.355 e. The van der Waals surface area contributed by atoms with E-state index in [2.05, 4.69) is 35.3 Å². The molecule has 0 atom stereocenters. The van der Waals surface area contributed by atoms with E-state index in [1.54, 1.807) is 0 Å². The molecule has 0 heterocycles. The lowest BCUT2D eigenvalue weighted by Gasteiger charge is -2.24. The molecule has 1 amide bonds. The van der Waals surface area contributed by atoms with Crippen LogP contribution in [0.2, 0.25) is 0 Å². The van der Waals surface area contributed by atoms with E-state index in [1.165, 1.54) is 180 Å². The minimum atomic E-state index is 0.0917. The van der Waals surface area contributed by atoms with Gasteiger partial charge in [0.2, 0.25) is 5.91 Å². The Labute approximate surface area is 313 Å². The van der Waals surface area contributed by atoms with Gasteiger partial charge in [-0.05, 0) is 51.7 Å². The first kappa shape index (κ1) is 49.3. The summed E-state index contributed by atoms with van der Waals surface area (Å²) in [6, 6.07) is 0. The van der Waals surface area contributed by atoms with Crippen molar-refractivity contribution in [3.05, 3.63) is 0 Å². The van der Waals surface area contributed by atoms with E-state index in [0.29, 0.717) is 6.54 Å². The first-order valence-corrected chi connectivity index (χ1v) is 22.7. The fraction of sp³-hybridized carbons (Fsp3) is 0.977. The molecule has 0 aliphatic rings. The molecule has 0 rings (SSSR count). The van der Waals surface area contributed by atoms with Gasteiger partial charge in [-0.1, -0.05) is 194 Å². The van der Waals surface area contributed by atoms with E-state index in [-0.39, 0.29) is 5.91 Å². The average molecular weight is 709 g/mol. The van der Waals surface area contributed by atoms with Crippen LogP contribution in [0.1, 0.15) is 226 Å². The third kappa shape index (κ3) is 41.7. The van der Waals surface area contributed by atoms with Crippen molar-refractivity contribution in [3.8, 4) is 0 Å². The Bertz CT molecular complexity index is 601.